The largest absolute Gasteiger partial charge is 0.334 e. The number of nitrogens with one attached hydrogen (secondary N) is 1. The molecule has 0 saturated heterocycles. The average molecular weight is 323 g/mol. The van der Waals surface area contributed by atoms with Crippen LogP contribution in [0, 0.1) is 6.92 Å². The third-order valence-corrected chi connectivity index (χ3v) is 3.48. The van der Waals surface area contributed by atoms with Crippen molar-refractivity contribution in [3.8, 4) is 5.82 Å². The van der Waals surface area contributed by atoms with Crippen molar-refractivity contribution in [2.45, 2.75) is 6.92 Å². The number of fused-ring (bicyclic) bond motifs is 1. The van der Waals surface area contributed by atoms with Crippen molar-refractivity contribution in [3.05, 3.63) is 61.1 Å². The highest BCUT2D eigenvalue weighted by atomic mass is 35.5. The summed E-state index contributed by atoms with van der Waals surface area (Å²) < 4.78 is 1.26. The summed E-state index contributed by atoms with van der Waals surface area (Å²) in [4.78, 5) is 34.4. The molecule has 106 valence electrons. The van der Waals surface area contributed by atoms with Crippen LogP contribution < -0.4 is 11.2 Å². The van der Waals surface area contributed by atoms with Gasteiger partial charge in [-0.15, -0.1) is 0 Å². The van der Waals surface area contributed by atoms with Gasteiger partial charge in [-0.1, -0.05) is 29.3 Å². The third-order valence-electron chi connectivity index (χ3n) is 3.01. The number of rotatable bonds is 1. The van der Waals surface area contributed by atoms with E-state index in [1.54, 1.807) is 25.3 Å². The Morgan fingerprint density at radius 3 is 2.76 bits per heavy atom. The number of hydrogen-bond donors (Lipinski definition) is 1. The zero-order valence-electron chi connectivity index (χ0n) is 10.7. The van der Waals surface area contributed by atoms with E-state index in [4.69, 9.17) is 23.2 Å². The first-order chi connectivity index (χ1) is 9.99. The molecule has 3 heterocycles. The topological polar surface area (TPSA) is 80.6 Å². The summed E-state index contributed by atoms with van der Waals surface area (Å²) in [5.41, 5.74) is -0.214. The van der Waals surface area contributed by atoms with E-state index in [-0.39, 0.29) is 21.2 Å². The SMILES string of the molecule is Cc1cccnc1-n1c(=O)[nH]c(=O)c2c(Cl)nc(Cl)cc21. The lowest BCUT2D eigenvalue weighted by Gasteiger charge is -2.11. The van der Waals surface area contributed by atoms with Gasteiger partial charge in [0.25, 0.3) is 5.56 Å². The van der Waals surface area contributed by atoms with Crippen LogP contribution in [0.15, 0.2) is 34.0 Å². The van der Waals surface area contributed by atoms with Gasteiger partial charge in [-0.25, -0.2) is 19.3 Å². The fraction of sp³-hybridized carbons (Fsp3) is 0.0769. The van der Waals surface area contributed by atoms with Crippen molar-refractivity contribution in [3.63, 3.8) is 0 Å². The van der Waals surface area contributed by atoms with Crippen LogP contribution in [0.2, 0.25) is 10.3 Å². The van der Waals surface area contributed by atoms with Crippen LogP contribution in [0.3, 0.4) is 0 Å². The van der Waals surface area contributed by atoms with Crippen LogP contribution >= 0.6 is 23.2 Å². The summed E-state index contributed by atoms with van der Waals surface area (Å²) in [5.74, 6) is 0.391. The van der Waals surface area contributed by atoms with E-state index >= 15 is 0 Å². The van der Waals surface area contributed by atoms with Gasteiger partial charge in [-0.2, -0.15) is 0 Å². The number of aryl methyl sites for hydroxylation is 1. The fourth-order valence-corrected chi connectivity index (χ4v) is 2.61. The lowest BCUT2D eigenvalue weighted by molar-refractivity contribution is 0.898. The van der Waals surface area contributed by atoms with Crippen LogP contribution in [0.1, 0.15) is 5.56 Å². The lowest BCUT2D eigenvalue weighted by atomic mass is 10.2. The minimum Gasteiger partial charge on any atom is -0.273 e. The maximum absolute atomic E-state index is 12.2. The minimum atomic E-state index is -0.618. The van der Waals surface area contributed by atoms with Crippen LogP contribution in [-0.2, 0) is 0 Å². The average Bonchev–Trinajstić information content (AvgIpc) is 2.39. The molecule has 3 aromatic heterocycles. The first kappa shape index (κ1) is 13.8. The van der Waals surface area contributed by atoms with Crippen molar-refractivity contribution in [1.82, 2.24) is 19.5 Å². The molecule has 21 heavy (non-hydrogen) atoms. The number of pyridine rings is 2. The molecule has 0 aliphatic heterocycles. The van der Waals surface area contributed by atoms with E-state index in [0.29, 0.717) is 5.82 Å². The molecule has 3 rings (SSSR count). The van der Waals surface area contributed by atoms with Gasteiger partial charge >= 0.3 is 5.69 Å². The zero-order valence-corrected chi connectivity index (χ0v) is 12.2. The molecule has 0 aliphatic carbocycles. The Labute approximate surface area is 128 Å². The minimum absolute atomic E-state index is 0.0684. The maximum Gasteiger partial charge on any atom is 0.334 e. The highest BCUT2D eigenvalue weighted by Crippen LogP contribution is 2.22. The van der Waals surface area contributed by atoms with Crippen LogP contribution in [0.4, 0.5) is 0 Å². The Morgan fingerprint density at radius 1 is 1.29 bits per heavy atom. The van der Waals surface area contributed by atoms with Gasteiger partial charge in [0.2, 0.25) is 0 Å². The molecule has 0 radical (unpaired) electrons. The standard InChI is InChI=1S/C13H8Cl2N4O2/c1-6-3-2-4-16-11(6)19-7-5-8(14)17-10(15)9(7)12(20)18-13(19)21/h2-5H,1H3,(H,18,20,21). The van der Waals surface area contributed by atoms with E-state index in [1.165, 1.54) is 10.6 Å². The summed E-state index contributed by atoms with van der Waals surface area (Å²) in [6.07, 6.45) is 1.55. The number of aromatic amines is 1. The van der Waals surface area contributed by atoms with Gasteiger partial charge in [0.05, 0.1) is 5.52 Å². The van der Waals surface area contributed by atoms with Gasteiger partial charge in [-0.05, 0) is 18.6 Å². The van der Waals surface area contributed by atoms with E-state index < -0.39 is 11.2 Å². The van der Waals surface area contributed by atoms with E-state index in [2.05, 4.69) is 15.0 Å². The second-order valence-electron chi connectivity index (χ2n) is 4.37. The van der Waals surface area contributed by atoms with Crippen LogP contribution in [-0.4, -0.2) is 19.5 Å². The van der Waals surface area contributed by atoms with Crippen molar-refractivity contribution >= 4 is 34.1 Å². The molecule has 8 heteroatoms. The summed E-state index contributed by atoms with van der Waals surface area (Å²) in [6, 6.07) is 4.96. The molecule has 0 fully saturated rings. The second-order valence-corrected chi connectivity index (χ2v) is 5.11. The molecule has 6 nitrogen and oxygen atoms in total. The Kier molecular flexibility index (Phi) is 3.27. The highest BCUT2D eigenvalue weighted by molar-refractivity contribution is 6.36. The number of nitrogens with zero attached hydrogens (tertiary/aromatic N) is 3. The Bertz CT molecular complexity index is 978. The van der Waals surface area contributed by atoms with Crippen molar-refractivity contribution in [2.24, 2.45) is 0 Å². The molecule has 0 bridgehead atoms. The molecular weight excluding hydrogens is 315 g/mol. The molecular formula is C13H8Cl2N4O2. The van der Waals surface area contributed by atoms with Crippen molar-refractivity contribution < 1.29 is 0 Å². The normalized spacial score (nSPS) is 11.0. The molecule has 0 aliphatic rings. The maximum atomic E-state index is 12.2. The molecule has 0 unspecified atom stereocenters. The Hall–Kier alpha value is -2.18. The highest BCUT2D eigenvalue weighted by Gasteiger charge is 2.15. The summed E-state index contributed by atoms with van der Waals surface area (Å²) in [6.45, 7) is 1.80. The first-order valence-electron chi connectivity index (χ1n) is 5.92. The molecule has 0 spiro atoms. The van der Waals surface area contributed by atoms with Gasteiger partial charge in [0, 0.05) is 12.3 Å². The fourth-order valence-electron chi connectivity index (χ4n) is 2.11. The Balaban J connectivity index is 2.58. The van der Waals surface area contributed by atoms with Crippen LogP contribution in [0.25, 0.3) is 16.7 Å². The number of aromatic nitrogens is 4. The lowest BCUT2D eigenvalue weighted by Crippen LogP contribution is -2.30. The van der Waals surface area contributed by atoms with Crippen molar-refractivity contribution in [2.75, 3.05) is 0 Å². The predicted molar refractivity (Wildman–Crippen MR) is 80.5 cm³/mol. The number of hydrogen-bond acceptors (Lipinski definition) is 4. The summed E-state index contributed by atoms with van der Waals surface area (Å²) >= 11 is 11.9. The van der Waals surface area contributed by atoms with Gasteiger partial charge in [0.15, 0.2) is 0 Å². The number of H-pyrrole nitrogens is 1. The second kappa shape index (κ2) is 4.98. The molecule has 3 aromatic rings. The monoisotopic (exact) mass is 322 g/mol. The molecule has 0 saturated carbocycles. The van der Waals surface area contributed by atoms with Crippen molar-refractivity contribution in [1.29, 1.82) is 0 Å². The molecule has 0 amide bonds. The van der Waals surface area contributed by atoms with E-state index in [9.17, 15) is 9.59 Å². The predicted octanol–water partition coefficient (Wildman–Crippen LogP) is 2.08. The molecule has 0 aromatic carbocycles. The number of halogens is 2. The third kappa shape index (κ3) is 2.22. The van der Waals surface area contributed by atoms with Gasteiger partial charge in [-0.3, -0.25) is 9.78 Å². The molecule has 1 N–H and O–H groups in total. The van der Waals surface area contributed by atoms with E-state index in [1.807, 2.05) is 0 Å². The Morgan fingerprint density at radius 2 is 2.05 bits per heavy atom. The smallest absolute Gasteiger partial charge is 0.273 e. The first-order valence-corrected chi connectivity index (χ1v) is 6.67. The quantitative estimate of drug-likeness (QED) is 0.695. The molecule has 0 atom stereocenters. The summed E-state index contributed by atoms with van der Waals surface area (Å²) in [5, 5.41) is 0.103. The van der Waals surface area contributed by atoms with E-state index in [0.717, 1.165) is 5.56 Å². The van der Waals surface area contributed by atoms with Crippen LogP contribution in [0.5, 0.6) is 0 Å². The summed E-state index contributed by atoms with van der Waals surface area (Å²) in [7, 11) is 0. The van der Waals surface area contributed by atoms with Gasteiger partial charge in [0.1, 0.15) is 21.5 Å². The van der Waals surface area contributed by atoms with Gasteiger partial charge < -0.3 is 0 Å². The zero-order chi connectivity index (χ0) is 15.1.